The molecule has 0 saturated heterocycles. The Bertz CT molecular complexity index is 422. The summed E-state index contributed by atoms with van der Waals surface area (Å²) >= 11 is 3.38. The van der Waals surface area contributed by atoms with E-state index >= 15 is 0 Å². The number of anilines is 1. The minimum absolute atomic E-state index is 0.0341. The highest BCUT2D eigenvalue weighted by Crippen LogP contribution is 2.30. The first-order valence-corrected chi connectivity index (χ1v) is 7.17. The van der Waals surface area contributed by atoms with Gasteiger partial charge in [0.25, 0.3) is 0 Å². The van der Waals surface area contributed by atoms with E-state index in [2.05, 4.69) is 21.2 Å². The molecule has 0 heterocycles. The molecular formula is C14H18BrNO2. The zero-order valence-electron chi connectivity index (χ0n) is 10.2. The topological polar surface area (TPSA) is 49.3 Å². The second-order valence-electron chi connectivity index (χ2n) is 4.83. The molecule has 0 radical (unpaired) electrons. The summed E-state index contributed by atoms with van der Waals surface area (Å²) in [4.78, 5) is 12.2. The molecule has 2 rings (SSSR count). The molecule has 3 nitrogen and oxygen atoms in total. The molecule has 1 saturated carbocycles. The molecule has 1 fully saturated rings. The van der Waals surface area contributed by atoms with Gasteiger partial charge in [0, 0.05) is 22.7 Å². The van der Waals surface area contributed by atoms with Gasteiger partial charge in [-0.05, 0) is 37.0 Å². The number of hydrogen-bond acceptors (Lipinski definition) is 2. The molecule has 4 heteroatoms. The van der Waals surface area contributed by atoms with Crippen molar-refractivity contribution in [2.24, 2.45) is 11.8 Å². The summed E-state index contributed by atoms with van der Waals surface area (Å²) in [6.45, 7) is 0.108. The lowest BCUT2D eigenvalue weighted by Gasteiger charge is -2.29. The van der Waals surface area contributed by atoms with Crippen molar-refractivity contribution in [2.75, 3.05) is 11.9 Å². The van der Waals surface area contributed by atoms with E-state index in [9.17, 15) is 9.90 Å². The van der Waals surface area contributed by atoms with Gasteiger partial charge in [-0.1, -0.05) is 34.8 Å². The van der Waals surface area contributed by atoms with E-state index in [0.29, 0.717) is 0 Å². The Morgan fingerprint density at radius 3 is 2.89 bits per heavy atom. The van der Waals surface area contributed by atoms with Crippen LogP contribution in [0.1, 0.15) is 25.7 Å². The number of aliphatic hydroxyl groups is 1. The van der Waals surface area contributed by atoms with Gasteiger partial charge in [0.2, 0.25) is 5.91 Å². The van der Waals surface area contributed by atoms with Crippen LogP contribution in [0.15, 0.2) is 28.7 Å². The van der Waals surface area contributed by atoms with Crippen molar-refractivity contribution in [3.8, 4) is 0 Å². The van der Waals surface area contributed by atoms with Crippen LogP contribution in [0.3, 0.4) is 0 Å². The van der Waals surface area contributed by atoms with E-state index in [1.807, 2.05) is 24.3 Å². The van der Waals surface area contributed by atoms with Gasteiger partial charge in [-0.15, -0.1) is 0 Å². The Balaban J connectivity index is 2.02. The molecule has 0 aromatic heterocycles. The number of nitrogens with one attached hydrogen (secondary N) is 1. The van der Waals surface area contributed by atoms with E-state index in [-0.39, 0.29) is 24.3 Å². The lowest BCUT2D eigenvalue weighted by Crippen LogP contribution is -2.33. The molecule has 2 unspecified atom stereocenters. The third-order valence-corrected chi connectivity index (χ3v) is 4.07. The highest BCUT2D eigenvalue weighted by molar-refractivity contribution is 9.10. The molecule has 1 aliphatic rings. The second-order valence-corrected chi connectivity index (χ2v) is 5.75. The zero-order chi connectivity index (χ0) is 13.0. The highest BCUT2D eigenvalue weighted by Gasteiger charge is 2.30. The van der Waals surface area contributed by atoms with Crippen molar-refractivity contribution >= 4 is 27.5 Å². The van der Waals surface area contributed by atoms with Crippen molar-refractivity contribution in [3.63, 3.8) is 0 Å². The Morgan fingerprint density at radius 1 is 1.39 bits per heavy atom. The number of aliphatic hydroxyl groups excluding tert-OH is 1. The first-order valence-electron chi connectivity index (χ1n) is 6.38. The largest absolute Gasteiger partial charge is 0.396 e. The molecule has 0 spiro atoms. The van der Waals surface area contributed by atoms with Crippen molar-refractivity contribution in [1.29, 1.82) is 0 Å². The van der Waals surface area contributed by atoms with Crippen molar-refractivity contribution in [1.82, 2.24) is 0 Å². The summed E-state index contributed by atoms with van der Waals surface area (Å²) in [5.41, 5.74) is 0.802. The molecule has 2 atom stereocenters. The van der Waals surface area contributed by atoms with Crippen LogP contribution in [0.2, 0.25) is 0 Å². The van der Waals surface area contributed by atoms with Gasteiger partial charge >= 0.3 is 0 Å². The molecule has 1 amide bonds. The van der Waals surface area contributed by atoms with Gasteiger partial charge in [-0.25, -0.2) is 0 Å². The molecule has 0 bridgehead atoms. The minimum atomic E-state index is -0.0530. The van der Waals surface area contributed by atoms with Crippen LogP contribution in [0.5, 0.6) is 0 Å². The summed E-state index contributed by atoms with van der Waals surface area (Å²) in [6, 6.07) is 7.57. The maximum atomic E-state index is 12.2. The molecule has 0 aliphatic heterocycles. The van der Waals surface area contributed by atoms with E-state index in [1.165, 1.54) is 0 Å². The highest BCUT2D eigenvalue weighted by atomic mass is 79.9. The third-order valence-electron chi connectivity index (χ3n) is 3.57. The average Bonchev–Trinajstić information content (AvgIpc) is 2.38. The fourth-order valence-corrected chi connectivity index (χ4v) is 2.97. The Labute approximate surface area is 116 Å². The molecular weight excluding hydrogens is 294 g/mol. The SMILES string of the molecule is O=C(Nc1cccc(Br)c1)C1CCCCC1CO. The minimum Gasteiger partial charge on any atom is -0.396 e. The normalized spacial score (nSPS) is 23.7. The molecule has 18 heavy (non-hydrogen) atoms. The van der Waals surface area contributed by atoms with Crippen molar-refractivity contribution in [3.05, 3.63) is 28.7 Å². The number of carbonyl (C=O) groups is 1. The first-order chi connectivity index (χ1) is 8.70. The predicted octanol–water partition coefficient (Wildman–Crippen LogP) is 3.19. The summed E-state index contributed by atoms with van der Waals surface area (Å²) in [6.07, 6.45) is 4.02. The van der Waals surface area contributed by atoms with Crippen LogP contribution >= 0.6 is 15.9 Å². The fraction of sp³-hybridized carbons (Fsp3) is 0.500. The number of halogens is 1. The van der Waals surface area contributed by atoms with Crippen LogP contribution in [-0.2, 0) is 4.79 Å². The number of rotatable bonds is 3. The van der Waals surface area contributed by atoms with Crippen molar-refractivity contribution in [2.45, 2.75) is 25.7 Å². The molecule has 1 aromatic rings. The summed E-state index contributed by atoms with van der Waals surface area (Å²) in [7, 11) is 0. The Hall–Kier alpha value is -0.870. The number of benzene rings is 1. The zero-order valence-corrected chi connectivity index (χ0v) is 11.8. The maximum Gasteiger partial charge on any atom is 0.227 e. The average molecular weight is 312 g/mol. The molecule has 2 N–H and O–H groups in total. The third kappa shape index (κ3) is 3.33. The van der Waals surface area contributed by atoms with E-state index < -0.39 is 0 Å². The van der Waals surface area contributed by atoms with Gasteiger partial charge in [-0.2, -0.15) is 0 Å². The summed E-state index contributed by atoms with van der Waals surface area (Å²) in [5, 5.41) is 12.3. The van der Waals surface area contributed by atoms with Gasteiger partial charge in [0.1, 0.15) is 0 Å². The van der Waals surface area contributed by atoms with Gasteiger partial charge < -0.3 is 10.4 Å². The lowest BCUT2D eigenvalue weighted by atomic mass is 9.79. The van der Waals surface area contributed by atoms with E-state index in [1.54, 1.807) is 0 Å². The summed E-state index contributed by atoms with van der Waals surface area (Å²) < 4.78 is 0.947. The molecule has 1 aliphatic carbocycles. The molecule has 1 aromatic carbocycles. The first kappa shape index (κ1) is 13.6. The monoisotopic (exact) mass is 311 g/mol. The Morgan fingerprint density at radius 2 is 2.17 bits per heavy atom. The number of hydrogen-bond donors (Lipinski definition) is 2. The van der Waals surface area contributed by atoms with Crippen LogP contribution < -0.4 is 5.32 Å². The van der Waals surface area contributed by atoms with Crippen molar-refractivity contribution < 1.29 is 9.90 Å². The number of carbonyl (C=O) groups excluding carboxylic acids is 1. The summed E-state index contributed by atoms with van der Waals surface area (Å²) in [5.74, 6) is 0.0977. The predicted molar refractivity (Wildman–Crippen MR) is 75.3 cm³/mol. The van der Waals surface area contributed by atoms with E-state index in [0.717, 1.165) is 35.8 Å². The van der Waals surface area contributed by atoms with Gasteiger partial charge in [0.15, 0.2) is 0 Å². The lowest BCUT2D eigenvalue weighted by molar-refractivity contribution is -0.123. The van der Waals surface area contributed by atoms with Crippen LogP contribution in [0.25, 0.3) is 0 Å². The Kier molecular flexibility index (Phi) is 4.78. The van der Waals surface area contributed by atoms with Crippen LogP contribution in [0, 0.1) is 11.8 Å². The quantitative estimate of drug-likeness (QED) is 0.900. The van der Waals surface area contributed by atoms with Gasteiger partial charge in [-0.3, -0.25) is 4.79 Å². The smallest absolute Gasteiger partial charge is 0.227 e. The molecule has 98 valence electrons. The van der Waals surface area contributed by atoms with E-state index in [4.69, 9.17) is 0 Å². The van der Waals surface area contributed by atoms with Gasteiger partial charge in [0.05, 0.1) is 0 Å². The van der Waals surface area contributed by atoms with Crippen LogP contribution in [-0.4, -0.2) is 17.6 Å². The fourth-order valence-electron chi connectivity index (χ4n) is 2.57. The maximum absolute atomic E-state index is 12.2. The second kappa shape index (κ2) is 6.34. The van der Waals surface area contributed by atoms with Crippen LogP contribution in [0.4, 0.5) is 5.69 Å². The standard InChI is InChI=1S/C14H18BrNO2/c15-11-5-3-6-12(8-11)16-14(18)13-7-2-1-4-10(13)9-17/h3,5-6,8,10,13,17H,1-2,4,7,9H2,(H,16,18). The number of amides is 1.